The summed E-state index contributed by atoms with van der Waals surface area (Å²) in [6.45, 7) is 1.81. The molecule has 36 heavy (non-hydrogen) atoms. The average molecular weight is 724 g/mol. The second-order valence-electron chi connectivity index (χ2n) is 8.40. The van der Waals surface area contributed by atoms with Gasteiger partial charge in [0.25, 0.3) is 0 Å². The maximum Gasteiger partial charge on any atom is 0.175 e. The van der Waals surface area contributed by atoms with Crippen LogP contribution >= 0.6 is 63.7 Å². The van der Waals surface area contributed by atoms with Crippen LogP contribution in [0.2, 0.25) is 0 Å². The summed E-state index contributed by atoms with van der Waals surface area (Å²) >= 11 is 14.7. The smallest absolute Gasteiger partial charge is 0.175 e. The van der Waals surface area contributed by atoms with E-state index in [0.717, 1.165) is 40.0 Å². The first kappa shape index (κ1) is 23.9. The van der Waals surface area contributed by atoms with E-state index in [1.165, 1.54) is 21.5 Å². The fourth-order valence-corrected chi connectivity index (χ4v) is 6.37. The molecule has 6 rings (SSSR count). The Balaban J connectivity index is 1.80. The molecule has 0 aliphatic carbocycles. The molecule has 174 valence electrons. The number of hydrogen-bond donors (Lipinski definition) is 0. The van der Waals surface area contributed by atoms with Gasteiger partial charge in [-0.05, 0) is 97.5 Å². The molecule has 0 saturated carbocycles. The van der Waals surface area contributed by atoms with E-state index in [1.54, 1.807) is 0 Å². The van der Waals surface area contributed by atoms with E-state index >= 15 is 0 Å². The quantitative estimate of drug-likeness (QED) is 0.158. The average Bonchev–Trinajstić information content (AvgIpc) is 3.33. The lowest BCUT2D eigenvalue weighted by Crippen LogP contribution is -2.16. The van der Waals surface area contributed by atoms with Crippen LogP contribution in [0.1, 0.15) is 13.1 Å². The Hall–Kier alpha value is -2.48. The maximum atomic E-state index is 3.67. The minimum atomic E-state index is -0.324. The van der Waals surface area contributed by atoms with E-state index in [2.05, 4.69) is 169 Å². The summed E-state index contributed by atoms with van der Waals surface area (Å²) in [6.07, 6.45) is -0.324. The van der Waals surface area contributed by atoms with Gasteiger partial charge in [-0.1, -0.05) is 69.6 Å². The Morgan fingerprint density at radius 3 is 1.17 bits per heavy atom. The summed E-state index contributed by atoms with van der Waals surface area (Å²) in [5, 5.41) is 4.67. The van der Waals surface area contributed by atoms with Gasteiger partial charge in [-0.3, -0.25) is 0 Å². The number of benzene rings is 4. The molecule has 0 atom stereocenters. The third-order valence-corrected chi connectivity index (χ3v) is 8.30. The van der Waals surface area contributed by atoms with Crippen LogP contribution in [0.3, 0.4) is 0 Å². The monoisotopic (exact) mass is 720 g/mol. The molecule has 0 radical (unpaired) electrons. The van der Waals surface area contributed by atoms with Crippen LogP contribution in [-0.2, 0) is 0 Å². The molecular weight excluding hydrogens is 708 g/mol. The van der Waals surface area contributed by atoms with Gasteiger partial charge in [0.1, 0.15) is 0 Å². The molecule has 2 aromatic heterocycles. The molecule has 0 aliphatic heterocycles. The zero-order chi connectivity index (χ0) is 25.0. The van der Waals surface area contributed by atoms with Gasteiger partial charge in [0.2, 0.25) is 0 Å². The fourth-order valence-electron chi connectivity index (χ4n) is 4.93. The zero-order valence-electron chi connectivity index (χ0n) is 18.9. The summed E-state index contributed by atoms with van der Waals surface area (Å²) in [5.74, 6) is 12.5. The van der Waals surface area contributed by atoms with Gasteiger partial charge in [-0.25, -0.2) is 0 Å². The van der Waals surface area contributed by atoms with Crippen LogP contribution in [0, 0.1) is 23.7 Å². The molecule has 0 aliphatic rings. The van der Waals surface area contributed by atoms with Crippen molar-refractivity contribution in [2.75, 3.05) is 0 Å². The molecule has 4 aromatic carbocycles. The Labute approximate surface area is 242 Å². The minimum Gasteiger partial charge on any atom is -0.308 e. The van der Waals surface area contributed by atoms with Gasteiger partial charge in [0.15, 0.2) is 6.17 Å². The highest BCUT2D eigenvalue weighted by Gasteiger charge is 2.23. The van der Waals surface area contributed by atoms with E-state index in [-0.39, 0.29) is 6.17 Å². The lowest BCUT2D eigenvalue weighted by atomic mass is 10.2. The first-order valence-electron chi connectivity index (χ1n) is 11.2. The van der Waals surface area contributed by atoms with Gasteiger partial charge in [0, 0.05) is 39.4 Å². The van der Waals surface area contributed by atoms with Crippen LogP contribution in [0.25, 0.3) is 43.6 Å². The highest BCUT2D eigenvalue weighted by atomic mass is 79.9. The summed E-state index contributed by atoms with van der Waals surface area (Å²) in [4.78, 5) is 0. The minimum absolute atomic E-state index is 0.324. The van der Waals surface area contributed by atoms with Crippen LogP contribution in [0.5, 0.6) is 0 Å². The maximum absolute atomic E-state index is 3.67. The number of aromatic nitrogens is 2. The summed E-state index contributed by atoms with van der Waals surface area (Å²) in [7, 11) is 0. The van der Waals surface area contributed by atoms with Crippen LogP contribution in [0.4, 0.5) is 0 Å². The molecule has 0 amide bonds. The Bertz CT molecular complexity index is 1730. The Morgan fingerprint density at radius 2 is 0.861 bits per heavy atom. The van der Waals surface area contributed by atoms with Gasteiger partial charge < -0.3 is 9.13 Å². The topological polar surface area (TPSA) is 9.86 Å². The van der Waals surface area contributed by atoms with Crippen molar-refractivity contribution in [1.29, 1.82) is 0 Å². The van der Waals surface area contributed by atoms with E-state index < -0.39 is 0 Å². The van der Waals surface area contributed by atoms with Crippen LogP contribution in [0.15, 0.2) is 90.7 Å². The lowest BCUT2D eigenvalue weighted by molar-refractivity contribution is 0.601. The van der Waals surface area contributed by atoms with E-state index in [1.807, 2.05) is 6.92 Å². The van der Waals surface area contributed by atoms with Crippen molar-refractivity contribution in [3.8, 4) is 23.7 Å². The third-order valence-electron chi connectivity index (χ3n) is 6.33. The van der Waals surface area contributed by atoms with Gasteiger partial charge in [-0.2, -0.15) is 0 Å². The summed E-state index contributed by atoms with van der Waals surface area (Å²) < 4.78 is 8.83. The second kappa shape index (κ2) is 9.43. The fraction of sp³-hybridized carbons (Fsp3) is 0.0667. The molecule has 0 fully saturated rings. The molecule has 2 heterocycles. The summed E-state index contributed by atoms with van der Waals surface area (Å²) in [6, 6.07) is 25.7. The highest BCUT2D eigenvalue weighted by molar-refractivity contribution is 9.11. The predicted octanol–water partition coefficient (Wildman–Crippen LogP) is 10.0. The van der Waals surface area contributed by atoms with Crippen molar-refractivity contribution in [2.24, 2.45) is 0 Å². The van der Waals surface area contributed by atoms with Crippen LogP contribution < -0.4 is 0 Å². The first-order chi connectivity index (χ1) is 17.5. The van der Waals surface area contributed by atoms with Crippen molar-refractivity contribution < 1.29 is 0 Å². The molecule has 0 bridgehead atoms. The lowest BCUT2D eigenvalue weighted by Gasteiger charge is -2.20. The number of rotatable bonds is 2. The number of hydrogen-bond acceptors (Lipinski definition) is 0. The highest BCUT2D eigenvalue weighted by Crippen LogP contribution is 2.40. The van der Waals surface area contributed by atoms with Gasteiger partial charge >= 0.3 is 0 Å². The molecule has 0 N–H and O–H groups in total. The number of halogens is 4. The predicted molar refractivity (Wildman–Crippen MR) is 165 cm³/mol. The van der Waals surface area contributed by atoms with Crippen molar-refractivity contribution >= 4 is 107 Å². The van der Waals surface area contributed by atoms with E-state index in [9.17, 15) is 0 Å². The van der Waals surface area contributed by atoms with Crippen molar-refractivity contribution in [3.63, 3.8) is 0 Å². The van der Waals surface area contributed by atoms with Crippen molar-refractivity contribution in [2.45, 2.75) is 13.1 Å². The third kappa shape index (κ3) is 3.92. The first-order valence-corrected chi connectivity index (χ1v) is 14.3. The molecule has 2 nitrogen and oxygen atoms in total. The van der Waals surface area contributed by atoms with Crippen LogP contribution in [-0.4, -0.2) is 9.13 Å². The molecular formula is C30H16Br4N2. The van der Waals surface area contributed by atoms with E-state index in [4.69, 9.17) is 0 Å². The second-order valence-corrected chi connectivity index (χ2v) is 12.1. The Kier molecular flexibility index (Phi) is 6.26. The van der Waals surface area contributed by atoms with Gasteiger partial charge in [-0.15, -0.1) is 0 Å². The molecule has 0 spiro atoms. The number of fused-ring (bicyclic) bond motifs is 6. The zero-order valence-corrected chi connectivity index (χ0v) is 25.3. The largest absolute Gasteiger partial charge is 0.308 e. The molecule has 6 heteroatoms. The standard InChI is InChI=1S/C30H16Br4N2/c1-2-3-4-5-30(35-26-10-6-18(31)14-22(26)23-15-19(32)7-11-27(23)35)36-28-12-8-20(33)16-24(28)25-17-21(34)9-13-29(25)36/h6-17,30H,1H3. The van der Waals surface area contributed by atoms with Gasteiger partial charge in [0.05, 0.1) is 22.1 Å². The Morgan fingerprint density at radius 1 is 0.528 bits per heavy atom. The number of nitrogens with zero attached hydrogens (tertiary/aromatic N) is 2. The van der Waals surface area contributed by atoms with E-state index in [0.29, 0.717) is 0 Å². The summed E-state index contributed by atoms with van der Waals surface area (Å²) in [5.41, 5.74) is 4.44. The molecule has 6 aromatic rings. The molecule has 0 saturated heterocycles. The van der Waals surface area contributed by atoms with Crippen molar-refractivity contribution in [3.05, 3.63) is 90.7 Å². The normalized spacial score (nSPS) is 11.3. The van der Waals surface area contributed by atoms with Crippen molar-refractivity contribution in [1.82, 2.24) is 9.13 Å². The molecule has 0 unspecified atom stereocenters. The SMILES string of the molecule is CC#CC#CC(n1c2ccc(Br)cc2c2cc(Br)ccc21)n1c2ccc(Br)cc2c2cc(Br)ccc21.